The second-order valence-corrected chi connectivity index (χ2v) is 1.12. The monoisotopic (exact) mass is 147 g/mol. The van der Waals surface area contributed by atoms with Crippen molar-refractivity contribution >= 4 is 18.6 Å². The molecule has 0 heterocycles. The fourth-order valence-electron chi connectivity index (χ4n) is 0.186. The van der Waals surface area contributed by atoms with Crippen LogP contribution >= 0.6 is 0 Å². The molecular weight excluding hydrogens is 142 g/mol. The summed E-state index contributed by atoms with van der Waals surface area (Å²) in [5, 5.41) is 0. The van der Waals surface area contributed by atoms with Crippen molar-refractivity contribution in [3.05, 3.63) is 0 Å². The van der Waals surface area contributed by atoms with E-state index in [-0.39, 0.29) is 6.47 Å². The van der Waals surface area contributed by atoms with Crippen LogP contribution in [0, 0.1) is 0 Å². The van der Waals surface area contributed by atoms with E-state index in [1.807, 2.05) is 0 Å². The molecule has 0 radical (unpaired) electrons. The van der Waals surface area contributed by atoms with Crippen molar-refractivity contribution in [2.75, 3.05) is 0 Å². The number of hydrogen-bond acceptors (Lipinski definition) is 4. The van der Waals surface area contributed by atoms with E-state index >= 15 is 0 Å². The van der Waals surface area contributed by atoms with E-state index in [2.05, 4.69) is 10.5 Å². The van der Waals surface area contributed by atoms with Crippen LogP contribution in [-0.2, 0) is 9.53 Å². The maximum atomic E-state index is 10.1. The number of ether oxygens (including phenoxy) is 1. The first-order valence-corrected chi connectivity index (χ1v) is 2.12. The molecular formula is C3H5N3O4. The minimum atomic E-state index is -1.10. The lowest BCUT2D eigenvalue weighted by Gasteiger charge is -1.99. The first-order chi connectivity index (χ1) is 4.66. The van der Waals surface area contributed by atoms with Gasteiger partial charge in [-0.15, -0.1) is 0 Å². The van der Waals surface area contributed by atoms with Gasteiger partial charge in [-0.05, 0) is 0 Å². The first-order valence-electron chi connectivity index (χ1n) is 2.12. The number of urea groups is 1. The molecule has 0 rings (SSSR count). The van der Waals surface area contributed by atoms with Crippen molar-refractivity contribution in [2.24, 2.45) is 5.73 Å². The van der Waals surface area contributed by atoms with Gasteiger partial charge in [0.25, 0.3) is 0 Å². The lowest BCUT2D eigenvalue weighted by atomic mass is 11.1. The summed E-state index contributed by atoms with van der Waals surface area (Å²) in [6, 6.07) is -0.956. The van der Waals surface area contributed by atoms with Crippen LogP contribution in [0.4, 0.5) is 9.59 Å². The third-order valence-electron chi connectivity index (χ3n) is 0.443. The van der Waals surface area contributed by atoms with Crippen LogP contribution in [-0.4, -0.2) is 18.6 Å². The van der Waals surface area contributed by atoms with Crippen LogP contribution < -0.4 is 16.6 Å². The number of nitrogens with two attached hydrogens (primary N) is 1. The number of rotatable bonds is 1. The smallest absolute Gasteiger partial charge is 0.378 e. The standard InChI is InChI=1S/C3H5N3O4/c4-2(8)5-6-3(9)10-1-7/h1H,(H,6,9)(H3,4,5,8). The molecule has 0 bridgehead atoms. The normalized spacial score (nSPS) is 7.60. The zero-order valence-electron chi connectivity index (χ0n) is 4.79. The van der Waals surface area contributed by atoms with E-state index in [0.29, 0.717) is 0 Å². The van der Waals surface area contributed by atoms with Gasteiger partial charge in [0, 0.05) is 0 Å². The average Bonchev–Trinajstić information content (AvgIpc) is 1.85. The largest absolute Gasteiger partial charge is 0.433 e. The van der Waals surface area contributed by atoms with Crippen LogP contribution in [0.3, 0.4) is 0 Å². The summed E-state index contributed by atoms with van der Waals surface area (Å²) in [7, 11) is 0. The number of nitrogens with one attached hydrogen (secondary N) is 2. The Balaban J connectivity index is 3.39. The zero-order valence-corrected chi connectivity index (χ0v) is 4.79. The first kappa shape index (κ1) is 8.21. The Hall–Kier alpha value is -1.79. The van der Waals surface area contributed by atoms with Crippen molar-refractivity contribution in [2.45, 2.75) is 0 Å². The minimum absolute atomic E-state index is 0.0853. The molecule has 0 aliphatic carbocycles. The third-order valence-corrected chi connectivity index (χ3v) is 0.443. The number of carbonyl (C=O) groups is 3. The van der Waals surface area contributed by atoms with Gasteiger partial charge < -0.3 is 10.5 Å². The lowest BCUT2D eigenvalue weighted by Crippen LogP contribution is -2.44. The number of amides is 3. The molecule has 0 unspecified atom stereocenters. The molecule has 0 aliphatic heterocycles. The Morgan fingerprint density at radius 2 is 2.00 bits per heavy atom. The summed E-state index contributed by atoms with van der Waals surface area (Å²) in [5.41, 5.74) is 7.88. The molecule has 0 fully saturated rings. The van der Waals surface area contributed by atoms with Crippen molar-refractivity contribution in [3.8, 4) is 0 Å². The Bertz CT molecular complexity index is 156. The van der Waals surface area contributed by atoms with Crippen molar-refractivity contribution in [1.29, 1.82) is 0 Å². The molecule has 0 aromatic carbocycles. The fraction of sp³-hybridized carbons (Fsp3) is 0. The van der Waals surface area contributed by atoms with Crippen LogP contribution in [0.1, 0.15) is 0 Å². The number of carbonyl (C=O) groups excluding carboxylic acids is 3. The quantitative estimate of drug-likeness (QED) is 0.237. The van der Waals surface area contributed by atoms with Gasteiger partial charge in [-0.3, -0.25) is 4.79 Å². The SMILES string of the molecule is NC(=O)NNC(=O)OC=O. The van der Waals surface area contributed by atoms with Gasteiger partial charge in [0.2, 0.25) is 0 Å². The van der Waals surface area contributed by atoms with Crippen molar-refractivity contribution in [3.63, 3.8) is 0 Å². The van der Waals surface area contributed by atoms with Gasteiger partial charge in [-0.25, -0.2) is 20.4 Å². The zero-order chi connectivity index (χ0) is 7.98. The van der Waals surface area contributed by atoms with Crippen LogP contribution in [0.25, 0.3) is 0 Å². The molecule has 7 nitrogen and oxygen atoms in total. The van der Waals surface area contributed by atoms with E-state index < -0.39 is 12.1 Å². The molecule has 0 atom stereocenters. The van der Waals surface area contributed by atoms with Gasteiger partial charge in [0.1, 0.15) is 0 Å². The maximum Gasteiger partial charge on any atom is 0.433 e. The molecule has 0 saturated heterocycles. The highest BCUT2D eigenvalue weighted by Crippen LogP contribution is 1.65. The van der Waals surface area contributed by atoms with E-state index in [0.717, 1.165) is 0 Å². The van der Waals surface area contributed by atoms with Crippen LogP contribution in [0.2, 0.25) is 0 Å². The van der Waals surface area contributed by atoms with E-state index in [1.165, 1.54) is 0 Å². The summed E-state index contributed by atoms with van der Waals surface area (Å²) in [6.07, 6.45) is -1.10. The topological polar surface area (TPSA) is 111 Å². The highest BCUT2D eigenvalue weighted by molar-refractivity contribution is 5.78. The second-order valence-electron chi connectivity index (χ2n) is 1.12. The van der Waals surface area contributed by atoms with E-state index in [1.54, 1.807) is 10.9 Å². The van der Waals surface area contributed by atoms with Crippen LogP contribution in [0.15, 0.2) is 0 Å². The molecule has 0 aromatic heterocycles. The fourth-order valence-corrected chi connectivity index (χ4v) is 0.186. The summed E-state index contributed by atoms with van der Waals surface area (Å²) in [6.45, 7) is -0.0853. The molecule has 0 aliphatic rings. The van der Waals surface area contributed by atoms with Crippen LogP contribution in [0.5, 0.6) is 0 Å². The molecule has 0 spiro atoms. The highest BCUT2D eigenvalue weighted by atomic mass is 16.6. The Kier molecular flexibility index (Phi) is 3.39. The second kappa shape index (κ2) is 4.13. The Morgan fingerprint density at radius 3 is 2.40 bits per heavy atom. The minimum Gasteiger partial charge on any atom is -0.378 e. The molecule has 4 N–H and O–H groups in total. The van der Waals surface area contributed by atoms with Gasteiger partial charge in [0.15, 0.2) is 0 Å². The molecule has 0 saturated carbocycles. The van der Waals surface area contributed by atoms with E-state index in [9.17, 15) is 14.4 Å². The van der Waals surface area contributed by atoms with Gasteiger partial charge in [0.05, 0.1) is 0 Å². The predicted octanol–water partition coefficient (Wildman–Crippen LogP) is -1.55. The molecule has 3 amide bonds. The summed E-state index contributed by atoms with van der Waals surface area (Å²) in [4.78, 5) is 29.4. The summed E-state index contributed by atoms with van der Waals surface area (Å²) < 4.78 is 3.69. The maximum absolute atomic E-state index is 10.1. The summed E-state index contributed by atoms with van der Waals surface area (Å²) in [5.74, 6) is 0. The van der Waals surface area contributed by atoms with Gasteiger partial charge >= 0.3 is 18.6 Å². The lowest BCUT2D eigenvalue weighted by molar-refractivity contribution is -0.123. The number of hydrazine groups is 1. The van der Waals surface area contributed by atoms with Crippen molar-refractivity contribution < 1.29 is 19.1 Å². The highest BCUT2D eigenvalue weighted by Gasteiger charge is 1.98. The third kappa shape index (κ3) is 4.37. The van der Waals surface area contributed by atoms with Gasteiger partial charge in [-0.2, -0.15) is 0 Å². The number of primary amides is 1. The van der Waals surface area contributed by atoms with Gasteiger partial charge in [-0.1, -0.05) is 0 Å². The Morgan fingerprint density at radius 1 is 1.40 bits per heavy atom. The molecule has 0 aromatic rings. The Labute approximate surface area is 55.5 Å². The molecule has 7 heteroatoms. The molecule has 10 heavy (non-hydrogen) atoms. The molecule has 56 valence electrons. The van der Waals surface area contributed by atoms with Crippen molar-refractivity contribution in [1.82, 2.24) is 10.9 Å². The number of hydrogen-bond donors (Lipinski definition) is 3. The average molecular weight is 147 g/mol. The predicted molar refractivity (Wildman–Crippen MR) is 28.4 cm³/mol. The summed E-state index contributed by atoms with van der Waals surface area (Å²) >= 11 is 0. The van der Waals surface area contributed by atoms with E-state index in [4.69, 9.17) is 0 Å².